The molecule has 2 heterocycles. The van der Waals surface area contributed by atoms with Crippen LogP contribution in [0.4, 0.5) is 5.82 Å². The van der Waals surface area contributed by atoms with Gasteiger partial charge in [0, 0.05) is 6.54 Å². The quantitative estimate of drug-likeness (QED) is 0.727. The van der Waals surface area contributed by atoms with Crippen molar-refractivity contribution in [1.82, 2.24) is 30.3 Å². The Hall–Kier alpha value is -1.76. The third-order valence-electron chi connectivity index (χ3n) is 2.29. The molecule has 2 aromatic rings. The highest BCUT2D eigenvalue weighted by Gasteiger charge is 2.05. The molecule has 0 saturated heterocycles. The maximum Gasteiger partial charge on any atom is 0.199 e. The molecule has 0 fully saturated rings. The molecule has 1 atom stereocenters. The van der Waals surface area contributed by atoms with Crippen LogP contribution in [0.15, 0.2) is 12.4 Å². The Morgan fingerprint density at radius 3 is 3.06 bits per heavy atom. The van der Waals surface area contributed by atoms with Gasteiger partial charge < -0.3 is 10.6 Å². The van der Waals surface area contributed by atoms with Crippen LogP contribution < -0.4 is 10.6 Å². The maximum absolute atomic E-state index is 4.07. The molecule has 2 rings (SSSR count). The second kappa shape index (κ2) is 4.84. The fourth-order valence-corrected chi connectivity index (χ4v) is 1.50. The molecule has 2 aromatic heterocycles. The molecule has 0 aromatic carbocycles. The highest BCUT2D eigenvalue weighted by molar-refractivity contribution is 5.43. The SMILES string of the molecule is CNCC(C)CNc1cncc2nnnn12. The molecule has 0 saturated carbocycles. The van der Waals surface area contributed by atoms with Crippen LogP contribution in [0.1, 0.15) is 6.92 Å². The minimum atomic E-state index is 0.525. The van der Waals surface area contributed by atoms with E-state index in [0.717, 1.165) is 18.9 Å². The molecule has 0 aliphatic rings. The number of rotatable bonds is 5. The van der Waals surface area contributed by atoms with Gasteiger partial charge in [0.1, 0.15) is 5.82 Å². The number of nitrogens with one attached hydrogen (secondary N) is 2. The molecule has 0 aliphatic heterocycles. The summed E-state index contributed by atoms with van der Waals surface area (Å²) in [7, 11) is 1.94. The average Bonchev–Trinajstić information content (AvgIpc) is 2.75. The molecule has 0 bridgehead atoms. The predicted molar refractivity (Wildman–Crippen MR) is 60.2 cm³/mol. The van der Waals surface area contributed by atoms with Crippen molar-refractivity contribution in [2.24, 2.45) is 5.92 Å². The van der Waals surface area contributed by atoms with Gasteiger partial charge in [-0.3, -0.25) is 4.98 Å². The van der Waals surface area contributed by atoms with Crippen LogP contribution in [0.25, 0.3) is 5.65 Å². The molecule has 1 unspecified atom stereocenters. The summed E-state index contributed by atoms with van der Waals surface area (Å²) in [5.41, 5.74) is 0.645. The summed E-state index contributed by atoms with van der Waals surface area (Å²) in [6.45, 7) is 3.98. The van der Waals surface area contributed by atoms with Gasteiger partial charge >= 0.3 is 0 Å². The van der Waals surface area contributed by atoms with Crippen molar-refractivity contribution in [2.75, 3.05) is 25.5 Å². The number of anilines is 1. The first-order chi connectivity index (χ1) is 7.81. The van der Waals surface area contributed by atoms with Gasteiger partial charge in [0.25, 0.3) is 0 Å². The monoisotopic (exact) mass is 221 g/mol. The van der Waals surface area contributed by atoms with Crippen LogP contribution in [0.5, 0.6) is 0 Å². The molecule has 7 heteroatoms. The number of aromatic nitrogens is 5. The first kappa shape index (κ1) is 10.7. The van der Waals surface area contributed by atoms with Gasteiger partial charge in [-0.1, -0.05) is 6.92 Å². The number of nitrogens with zero attached hydrogens (tertiary/aromatic N) is 5. The number of tetrazole rings is 1. The first-order valence-electron chi connectivity index (χ1n) is 5.22. The van der Waals surface area contributed by atoms with Crippen molar-refractivity contribution in [2.45, 2.75) is 6.92 Å². The van der Waals surface area contributed by atoms with Crippen LogP contribution in [0, 0.1) is 5.92 Å². The lowest BCUT2D eigenvalue weighted by Crippen LogP contribution is -2.23. The highest BCUT2D eigenvalue weighted by Crippen LogP contribution is 2.06. The topological polar surface area (TPSA) is 80.0 Å². The molecule has 2 N–H and O–H groups in total. The predicted octanol–water partition coefficient (Wildman–Crippen LogP) is -0.213. The van der Waals surface area contributed by atoms with Gasteiger partial charge in [-0.15, -0.1) is 5.10 Å². The molecule has 0 spiro atoms. The molecule has 16 heavy (non-hydrogen) atoms. The van der Waals surface area contributed by atoms with E-state index >= 15 is 0 Å². The Morgan fingerprint density at radius 1 is 1.38 bits per heavy atom. The Balaban J connectivity index is 2.06. The molecular formula is C9H15N7. The Kier molecular flexibility index (Phi) is 3.25. The van der Waals surface area contributed by atoms with Crippen molar-refractivity contribution in [3.63, 3.8) is 0 Å². The van der Waals surface area contributed by atoms with E-state index in [0.29, 0.717) is 11.6 Å². The van der Waals surface area contributed by atoms with Gasteiger partial charge in [0.2, 0.25) is 0 Å². The van der Waals surface area contributed by atoms with Crippen LogP contribution in [0.3, 0.4) is 0 Å². The summed E-state index contributed by atoms with van der Waals surface area (Å²) in [5.74, 6) is 1.34. The van der Waals surface area contributed by atoms with Crippen LogP contribution in [-0.2, 0) is 0 Å². The van der Waals surface area contributed by atoms with Gasteiger partial charge in [-0.05, 0) is 29.9 Å². The third kappa shape index (κ3) is 2.25. The third-order valence-corrected chi connectivity index (χ3v) is 2.29. The van der Waals surface area contributed by atoms with Crippen molar-refractivity contribution in [3.8, 4) is 0 Å². The molecular weight excluding hydrogens is 206 g/mol. The van der Waals surface area contributed by atoms with Gasteiger partial charge in [-0.2, -0.15) is 4.52 Å². The van der Waals surface area contributed by atoms with E-state index in [4.69, 9.17) is 0 Å². The zero-order valence-corrected chi connectivity index (χ0v) is 9.38. The zero-order valence-electron chi connectivity index (χ0n) is 9.38. The standard InChI is InChI=1S/C9H15N7/c1-7(3-10-2)4-12-8-5-11-6-9-13-14-15-16(8)9/h5-7,10,12H,3-4H2,1-2H3. The maximum atomic E-state index is 4.07. The summed E-state index contributed by atoms with van der Waals surface area (Å²) in [6.07, 6.45) is 3.34. The van der Waals surface area contributed by atoms with Crippen molar-refractivity contribution < 1.29 is 0 Å². The highest BCUT2D eigenvalue weighted by atomic mass is 15.5. The van der Waals surface area contributed by atoms with E-state index in [-0.39, 0.29) is 0 Å². The molecule has 0 aliphatic carbocycles. The molecule has 0 radical (unpaired) electrons. The summed E-state index contributed by atoms with van der Waals surface area (Å²) < 4.78 is 1.64. The second-order valence-corrected chi connectivity index (χ2v) is 3.79. The lowest BCUT2D eigenvalue weighted by Gasteiger charge is -2.12. The summed E-state index contributed by atoms with van der Waals surface area (Å²) >= 11 is 0. The van der Waals surface area contributed by atoms with E-state index < -0.39 is 0 Å². The molecule has 86 valence electrons. The summed E-state index contributed by atoms with van der Waals surface area (Å²) in [4.78, 5) is 4.07. The largest absolute Gasteiger partial charge is 0.368 e. The summed E-state index contributed by atoms with van der Waals surface area (Å²) in [6, 6.07) is 0. The summed E-state index contributed by atoms with van der Waals surface area (Å²) in [5, 5.41) is 17.7. The number of hydrogen-bond acceptors (Lipinski definition) is 6. The van der Waals surface area contributed by atoms with E-state index in [1.165, 1.54) is 0 Å². The van der Waals surface area contributed by atoms with Crippen molar-refractivity contribution in [3.05, 3.63) is 12.4 Å². The van der Waals surface area contributed by atoms with Gasteiger partial charge in [0.15, 0.2) is 5.65 Å². The van der Waals surface area contributed by atoms with E-state index in [2.05, 4.69) is 38.1 Å². The average molecular weight is 221 g/mol. The smallest absolute Gasteiger partial charge is 0.199 e. The van der Waals surface area contributed by atoms with Crippen LogP contribution >= 0.6 is 0 Å². The van der Waals surface area contributed by atoms with Crippen molar-refractivity contribution in [1.29, 1.82) is 0 Å². The number of fused-ring (bicyclic) bond motifs is 1. The van der Waals surface area contributed by atoms with E-state index in [1.54, 1.807) is 16.9 Å². The molecule has 7 nitrogen and oxygen atoms in total. The number of hydrogen-bond donors (Lipinski definition) is 2. The van der Waals surface area contributed by atoms with Crippen molar-refractivity contribution >= 4 is 11.5 Å². The fraction of sp³-hybridized carbons (Fsp3) is 0.556. The first-order valence-corrected chi connectivity index (χ1v) is 5.22. The second-order valence-electron chi connectivity index (χ2n) is 3.79. The minimum absolute atomic E-state index is 0.525. The Morgan fingerprint density at radius 2 is 2.25 bits per heavy atom. The van der Waals surface area contributed by atoms with Crippen LogP contribution in [0.2, 0.25) is 0 Å². The Bertz CT molecular complexity index is 452. The normalized spacial score (nSPS) is 12.9. The van der Waals surface area contributed by atoms with Crippen LogP contribution in [-0.4, -0.2) is 45.2 Å². The van der Waals surface area contributed by atoms with Gasteiger partial charge in [0.05, 0.1) is 12.4 Å². The zero-order chi connectivity index (χ0) is 11.4. The lowest BCUT2D eigenvalue weighted by molar-refractivity contribution is 0.567. The van der Waals surface area contributed by atoms with Gasteiger partial charge in [-0.25, -0.2) is 0 Å². The minimum Gasteiger partial charge on any atom is -0.368 e. The lowest BCUT2D eigenvalue weighted by atomic mass is 10.2. The van der Waals surface area contributed by atoms with E-state index in [1.807, 2.05) is 7.05 Å². The van der Waals surface area contributed by atoms with E-state index in [9.17, 15) is 0 Å². The fourth-order valence-electron chi connectivity index (χ4n) is 1.50. The Labute approximate surface area is 93.3 Å². The molecule has 0 amide bonds.